The first kappa shape index (κ1) is 18.6. The maximum absolute atomic E-state index is 12.2. The summed E-state index contributed by atoms with van der Waals surface area (Å²) in [5, 5.41) is 3.07. The molecular formula is C14H27N3O2S2. The molecule has 0 aliphatic carbocycles. The molecule has 1 aromatic rings. The molecular weight excluding hydrogens is 306 g/mol. The van der Waals surface area contributed by atoms with Crippen LogP contribution < -0.4 is 10.0 Å². The minimum absolute atomic E-state index is 0.409. The highest BCUT2D eigenvalue weighted by atomic mass is 32.2. The lowest BCUT2D eigenvalue weighted by Gasteiger charge is -2.19. The van der Waals surface area contributed by atoms with Crippen molar-refractivity contribution in [3.05, 3.63) is 17.0 Å². The predicted octanol–water partition coefficient (Wildman–Crippen LogP) is 1.52. The van der Waals surface area contributed by atoms with Crippen LogP contribution in [0.25, 0.3) is 0 Å². The lowest BCUT2D eigenvalue weighted by molar-refractivity contribution is 0.293. The van der Waals surface area contributed by atoms with Crippen LogP contribution in [0.4, 0.5) is 0 Å². The number of likely N-dealkylation sites (N-methyl/N-ethyl adjacent to an activating group) is 2. The summed E-state index contributed by atoms with van der Waals surface area (Å²) < 4.78 is 27.5. The summed E-state index contributed by atoms with van der Waals surface area (Å²) in [5.74, 6) is 0. The molecule has 0 aliphatic rings. The van der Waals surface area contributed by atoms with E-state index < -0.39 is 10.0 Å². The molecule has 0 aliphatic heterocycles. The monoisotopic (exact) mass is 333 g/mol. The fraction of sp³-hybridized carbons (Fsp3) is 0.714. The molecule has 21 heavy (non-hydrogen) atoms. The summed E-state index contributed by atoms with van der Waals surface area (Å²) in [6.45, 7) is 8.24. The second-order valence-corrected chi connectivity index (χ2v) is 8.07. The number of rotatable bonds is 11. The van der Waals surface area contributed by atoms with Crippen molar-refractivity contribution in [2.45, 2.75) is 30.9 Å². The van der Waals surface area contributed by atoms with Gasteiger partial charge in [0, 0.05) is 18.0 Å². The fourth-order valence-electron chi connectivity index (χ4n) is 2.04. The maximum Gasteiger partial charge on any atom is 0.250 e. The van der Waals surface area contributed by atoms with Gasteiger partial charge in [0.15, 0.2) is 0 Å². The van der Waals surface area contributed by atoms with Crippen molar-refractivity contribution in [3.63, 3.8) is 0 Å². The fourth-order valence-corrected chi connectivity index (χ4v) is 4.46. The van der Waals surface area contributed by atoms with Gasteiger partial charge >= 0.3 is 0 Å². The van der Waals surface area contributed by atoms with Crippen LogP contribution >= 0.6 is 11.3 Å². The van der Waals surface area contributed by atoms with Crippen LogP contribution in [0.15, 0.2) is 16.3 Å². The molecule has 0 bridgehead atoms. The number of thiophene rings is 1. The summed E-state index contributed by atoms with van der Waals surface area (Å²) in [7, 11) is -1.47. The van der Waals surface area contributed by atoms with Crippen molar-refractivity contribution in [1.29, 1.82) is 0 Å². The maximum atomic E-state index is 12.2. The molecule has 0 saturated heterocycles. The molecule has 5 nitrogen and oxygen atoms in total. The largest absolute Gasteiger partial charge is 0.319 e. The zero-order chi connectivity index (χ0) is 15.7. The van der Waals surface area contributed by atoms with Gasteiger partial charge < -0.3 is 10.2 Å². The molecule has 122 valence electrons. The number of nitrogens with one attached hydrogen (secondary N) is 2. The minimum atomic E-state index is -3.36. The quantitative estimate of drug-likeness (QED) is 0.644. The molecule has 0 aromatic carbocycles. The van der Waals surface area contributed by atoms with Crippen molar-refractivity contribution in [2.75, 3.05) is 39.8 Å². The zero-order valence-electron chi connectivity index (χ0n) is 13.2. The van der Waals surface area contributed by atoms with E-state index in [1.807, 2.05) is 13.1 Å². The smallest absolute Gasteiger partial charge is 0.250 e. The normalized spacial score (nSPS) is 12.2. The van der Waals surface area contributed by atoms with Crippen LogP contribution in [0.3, 0.4) is 0 Å². The minimum Gasteiger partial charge on any atom is -0.319 e. The van der Waals surface area contributed by atoms with Gasteiger partial charge in [-0.3, -0.25) is 0 Å². The number of hydrogen-bond donors (Lipinski definition) is 2. The highest BCUT2D eigenvalue weighted by molar-refractivity contribution is 7.91. The Morgan fingerprint density at radius 2 is 1.95 bits per heavy atom. The Bertz CT molecular complexity index is 500. The number of sulfonamides is 1. The Labute approximate surface area is 132 Å². The first-order chi connectivity index (χ1) is 10.0. The van der Waals surface area contributed by atoms with Gasteiger partial charge in [-0.1, -0.05) is 13.8 Å². The average molecular weight is 334 g/mol. The van der Waals surface area contributed by atoms with Gasteiger partial charge in [0.25, 0.3) is 0 Å². The Morgan fingerprint density at radius 3 is 2.57 bits per heavy atom. The standard InChI is InChI=1S/C14H27N3O2S2/c1-4-11-17(5-2)12-10-16-21(18,19)14-7-6-13(20-14)8-9-15-3/h6-7,15-16H,4-5,8-12H2,1-3H3. The third-order valence-corrected chi connectivity index (χ3v) is 6.33. The SMILES string of the molecule is CCCN(CC)CCNS(=O)(=O)c1ccc(CCNC)s1. The van der Waals surface area contributed by atoms with Gasteiger partial charge in [-0.2, -0.15) is 0 Å². The van der Waals surface area contributed by atoms with E-state index in [0.29, 0.717) is 10.8 Å². The van der Waals surface area contributed by atoms with Crippen LogP contribution in [0.2, 0.25) is 0 Å². The summed E-state index contributed by atoms with van der Waals surface area (Å²) in [6, 6.07) is 3.59. The van der Waals surface area contributed by atoms with Crippen molar-refractivity contribution in [2.24, 2.45) is 0 Å². The van der Waals surface area contributed by atoms with Crippen LogP contribution in [0.5, 0.6) is 0 Å². The van der Waals surface area contributed by atoms with Crippen LogP contribution in [0.1, 0.15) is 25.1 Å². The highest BCUT2D eigenvalue weighted by Crippen LogP contribution is 2.21. The van der Waals surface area contributed by atoms with Gasteiger partial charge in [0.2, 0.25) is 10.0 Å². The molecule has 0 amide bonds. The first-order valence-electron chi connectivity index (χ1n) is 7.48. The van der Waals surface area contributed by atoms with Crippen LogP contribution in [-0.2, 0) is 16.4 Å². The summed E-state index contributed by atoms with van der Waals surface area (Å²) in [4.78, 5) is 3.33. The summed E-state index contributed by atoms with van der Waals surface area (Å²) in [6.07, 6.45) is 1.94. The Morgan fingerprint density at radius 1 is 1.19 bits per heavy atom. The molecule has 1 rings (SSSR count). The van der Waals surface area contributed by atoms with Gasteiger partial charge in [0.1, 0.15) is 4.21 Å². The third-order valence-electron chi connectivity index (χ3n) is 3.23. The highest BCUT2D eigenvalue weighted by Gasteiger charge is 2.16. The lowest BCUT2D eigenvalue weighted by Crippen LogP contribution is -2.35. The van der Waals surface area contributed by atoms with E-state index in [1.165, 1.54) is 11.3 Å². The van der Waals surface area contributed by atoms with E-state index in [4.69, 9.17) is 0 Å². The van der Waals surface area contributed by atoms with Crippen molar-refractivity contribution in [3.8, 4) is 0 Å². The second-order valence-electron chi connectivity index (χ2n) is 4.91. The van der Waals surface area contributed by atoms with Gasteiger partial charge in [0.05, 0.1) is 0 Å². The Kier molecular flexibility index (Phi) is 8.43. The topological polar surface area (TPSA) is 61.4 Å². The van der Waals surface area contributed by atoms with E-state index in [-0.39, 0.29) is 0 Å². The van der Waals surface area contributed by atoms with Crippen molar-refractivity contribution >= 4 is 21.4 Å². The van der Waals surface area contributed by atoms with E-state index in [1.54, 1.807) is 6.07 Å². The molecule has 0 fully saturated rings. The first-order valence-corrected chi connectivity index (χ1v) is 9.78. The predicted molar refractivity (Wildman–Crippen MR) is 89.5 cm³/mol. The molecule has 0 radical (unpaired) electrons. The van der Waals surface area contributed by atoms with E-state index in [9.17, 15) is 8.42 Å². The van der Waals surface area contributed by atoms with Gasteiger partial charge in [-0.15, -0.1) is 11.3 Å². The molecule has 0 unspecified atom stereocenters. The number of nitrogens with zero attached hydrogens (tertiary/aromatic N) is 1. The Balaban J connectivity index is 2.51. The Hall–Kier alpha value is -0.470. The lowest BCUT2D eigenvalue weighted by atomic mass is 10.3. The molecule has 1 aromatic heterocycles. The second kappa shape index (κ2) is 9.53. The zero-order valence-corrected chi connectivity index (χ0v) is 14.8. The summed E-state index contributed by atoms with van der Waals surface area (Å²) in [5.41, 5.74) is 0. The molecule has 0 atom stereocenters. The molecule has 7 heteroatoms. The van der Waals surface area contributed by atoms with Crippen molar-refractivity contribution in [1.82, 2.24) is 14.9 Å². The molecule has 0 saturated carbocycles. The molecule has 0 spiro atoms. The third kappa shape index (κ3) is 6.44. The van der Waals surface area contributed by atoms with E-state index in [2.05, 4.69) is 28.8 Å². The number of hydrogen-bond acceptors (Lipinski definition) is 5. The average Bonchev–Trinajstić information content (AvgIpc) is 2.93. The van der Waals surface area contributed by atoms with Gasteiger partial charge in [-0.05, 0) is 51.7 Å². The summed E-state index contributed by atoms with van der Waals surface area (Å²) >= 11 is 1.35. The molecule has 1 heterocycles. The van der Waals surface area contributed by atoms with Crippen LogP contribution in [0, 0.1) is 0 Å². The molecule has 2 N–H and O–H groups in total. The van der Waals surface area contributed by atoms with E-state index in [0.717, 1.165) is 43.9 Å². The van der Waals surface area contributed by atoms with E-state index >= 15 is 0 Å². The van der Waals surface area contributed by atoms with Gasteiger partial charge in [-0.25, -0.2) is 13.1 Å². The van der Waals surface area contributed by atoms with Crippen molar-refractivity contribution < 1.29 is 8.42 Å². The van der Waals surface area contributed by atoms with Crippen LogP contribution in [-0.4, -0.2) is 53.1 Å².